The lowest BCUT2D eigenvalue weighted by atomic mass is 9.94. The van der Waals surface area contributed by atoms with Crippen molar-refractivity contribution in [3.05, 3.63) is 215 Å². The Morgan fingerprint density at radius 3 is 1.15 bits per heavy atom. The van der Waals surface area contributed by atoms with Crippen LogP contribution in [0.5, 0.6) is 34.5 Å². The molecule has 19 heteroatoms. The molecule has 18 nitrogen and oxygen atoms in total. The number of hydrogen-bond donors (Lipinski definition) is 1. The first-order valence-electron chi connectivity index (χ1n) is 32.8. The van der Waals surface area contributed by atoms with Gasteiger partial charge in [-0.15, -0.1) is 22.6 Å². The molecule has 500 valence electrons. The maximum absolute atomic E-state index is 12.8. The monoisotopic (exact) mass is 1310 g/mol. The molecule has 96 heavy (non-hydrogen) atoms. The van der Waals surface area contributed by atoms with Crippen molar-refractivity contribution < 1.29 is 38.0 Å². The number of likely N-dealkylation sites (tertiary alicyclic amines) is 1. The second kappa shape index (κ2) is 32.6. The fraction of sp³-hybridized carbons (Fsp3) is 0.338. The van der Waals surface area contributed by atoms with Crippen LogP contribution in [0.25, 0.3) is 45.0 Å². The highest BCUT2D eigenvalue weighted by molar-refractivity contribution is 5.86. The quantitative estimate of drug-likeness (QED) is 0.0675. The molecule has 1 amide bonds. The number of tetrazole rings is 2. The number of carbonyl (C=O) groups excluding carboxylic acids is 1. The van der Waals surface area contributed by atoms with Gasteiger partial charge in [-0.3, -0.25) is 0 Å². The van der Waals surface area contributed by atoms with Gasteiger partial charge in [-0.25, -0.2) is 14.2 Å². The molecule has 10 aromatic rings. The summed E-state index contributed by atoms with van der Waals surface area (Å²) in [6.07, 6.45) is 2.95. The molecule has 4 heterocycles. The zero-order valence-electron chi connectivity index (χ0n) is 56.3. The highest BCUT2D eigenvalue weighted by Crippen LogP contribution is 2.47. The maximum atomic E-state index is 12.8. The number of benzene rings is 8. The van der Waals surface area contributed by atoms with E-state index in [0.29, 0.717) is 98.8 Å². The third-order valence-corrected chi connectivity index (χ3v) is 17.1. The first-order chi connectivity index (χ1) is 46.2. The number of methoxy groups -OCH3 is 2. The Morgan fingerprint density at radius 1 is 0.458 bits per heavy atom. The SMILES string of the molecule is COc1ccc(C(C)C)cc1-c1cc(-c2nnnn2C2CCN(C(=O)OC(C)(C)C)CC2)c(OCc2ccccc2)cc1OCc1ccccc1.COc1ccc(C(C)C)cc1-c1cc(-c2nnnn2C2CCNCC2)c(OCc2ccccc2)cc1OCc1ccccc1.Cl. The normalized spacial score (nSPS) is 13.5. The number of ether oxygens (including phenoxy) is 7. The highest BCUT2D eigenvalue weighted by atomic mass is 35.5. The summed E-state index contributed by atoms with van der Waals surface area (Å²) in [6.45, 7) is 18.8. The third kappa shape index (κ3) is 17.4. The van der Waals surface area contributed by atoms with Crippen molar-refractivity contribution >= 4 is 18.5 Å². The number of nitrogens with zero attached hydrogens (tertiary/aromatic N) is 9. The van der Waals surface area contributed by atoms with Crippen LogP contribution in [0.3, 0.4) is 0 Å². The van der Waals surface area contributed by atoms with Gasteiger partial charge < -0.3 is 43.4 Å². The van der Waals surface area contributed by atoms with Crippen LogP contribution in [0.2, 0.25) is 0 Å². The molecule has 0 atom stereocenters. The van der Waals surface area contributed by atoms with Crippen molar-refractivity contribution in [2.75, 3.05) is 40.4 Å². The smallest absolute Gasteiger partial charge is 0.410 e. The fourth-order valence-electron chi connectivity index (χ4n) is 11.8. The molecular weight excluding hydrogens is 1230 g/mol. The molecule has 2 aliphatic rings. The molecule has 0 radical (unpaired) electrons. The van der Waals surface area contributed by atoms with E-state index in [9.17, 15) is 4.79 Å². The molecule has 8 aromatic carbocycles. The Labute approximate surface area is 569 Å². The second-order valence-corrected chi connectivity index (χ2v) is 25.6. The Morgan fingerprint density at radius 2 is 0.802 bits per heavy atom. The Balaban J connectivity index is 0.000000209. The van der Waals surface area contributed by atoms with Gasteiger partial charge in [0.15, 0.2) is 11.6 Å². The summed E-state index contributed by atoms with van der Waals surface area (Å²) in [6, 6.07) is 61.3. The van der Waals surface area contributed by atoms with Gasteiger partial charge in [-0.05, 0) is 162 Å². The zero-order chi connectivity index (χ0) is 66.3. The number of carbonyl (C=O) groups is 1. The number of piperidine rings is 2. The molecular formula is C77H87ClN10O8. The van der Waals surface area contributed by atoms with E-state index in [1.54, 1.807) is 19.1 Å². The number of rotatable bonds is 22. The minimum atomic E-state index is -0.556. The van der Waals surface area contributed by atoms with Gasteiger partial charge in [0.25, 0.3) is 0 Å². The molecule has 2 aliphatic heterocycles. The van der Waals surface area contributed by atoms with Crippen LogP contribution >= 0.6 is 12.4 Å². The lowest BCUT2D eigenvalue weighted by Crippen LogP contribution is -2.42. The molecule has 0 bridgehead atoms. The summed E-state index contributed by atoms with van der Waals surface area (Å²) in [4.78, 5) is 14.6. The number of amides is 1. The van der Waals surface area contributed by atoms with E-state index in [0.717, 1.165) is 93.1 Å². The topological polar surface area (TPSA) is 184 Å². The van der Waals surface area contributed by atoms with Crippen molar-refractivity contribution in [3.8, 4) is 79.5 Å². The summed E-state index contributed by atoms with van der Waals surface area (Å²) < 4.78 is 47.6. The first-order valence-corrected chi connectivity index (χ1v) is 32.8. The molecule has 0 spiro atoms. The van der Waals surface area contributed by atoms with Crippen LogP contribution in [0.4, 0.5) is 4.79 Å². The largest absolute Gasteiger partial charge is 0.496 e. The van der Waals surface area contributed by atoms with Crippen LogP contribution in [0.1, 0.15) is 131 Å². The van der Waals surface area contributed by atoms with E-state index in [-0.39, 0.29) is 30.6 Å². The molecule has 0 saturated carbocycles. The second-order valence-electron chi connectivity index (χ2n) is 25.6. The standard InChI is InChI=1S/C41H47N5O5.C36H39N5O3.ClH/c1-28(2)31-17-18-36(48-6)33(23-31)34-24-35(39-42-43-44-46(39)32-19-21-45(22-20-32)40(47)51-41(3,4)5)38(50-27-30-15-11-8-12-16-30)25-37(34)49-26-29-13-9-7-10-14-29;1-25(2)28-14-15-33(42-3)30(20-28)31-21-32(36-38-39-40-41(36)29-16-18-37-19-17-29)35(44-24-27-12-8-5-9-13-27)22-34(31)43-23-26-10-6-4-7-11-26;/h7-18,23-25,28,32H,19-22,26-27H2,1-6H3;4-15,20-22,25,29,37H,16-19,23-24H2,1-3H3;1H. The van der Waals surface area contributed by atoms with E-state index < -0.39 is 5.60 Å². The van der Waals surface area contributed by atoms with E-state index in [1.807, 2.05) is 151 Å². The van der Waals surface area contributed by atoms with Gasteiger partial charge in [-0.2, -0.15) is 0 Å². The molecule has 2 fully saturated rings. The van der Waals surface area contributed by atoms with Gasteiger partial charge in [0.05, 0.1) is 37.4 Å². The minimum absolute atomic E-state index is 0. The Kier molecular flexibility index (Phi) is 23.4. The predicted molar refractivity (Wildman–Crippen MR) is 376 cm³/mol. The van der Waals surface area contributed by atoms with E-state index >= 15 is 0 Å². The van der Waals surface area contributed by atoms with Crippen LogP contribution in [-0.4, -0.2) is 97.4 Å². The first kappa shape index (κ1) is 69.1. The average Bonchev–Trinajstić information content (AvgIpc) is 1.12. The van der Waals surface area contributed by atoms with E-state index in [4.69, 9.17) is 33.2 Å². The molecule has 2 aromatic heterocycles. The van der Waals surface area contributed by atoms with Gasteiger partial charge in [0.2, 0.25) is 0 Å². The summed E-state index contributed by atoms with van der Waals surface area (Å²) in [5.74, 6) is 5.97. The highest BCUT2D eigenvalue weighted by Gasteiger charge is 2.32. The van der Waals surface area contributed by atoms with Crippen molar-refractivity contribution in [1.29, 1.82) is 0 Å². The number of nitrogens with one attached hydrogen (secondary N) is 1. The predicted octanol–water partition coefficient (Wildman–Crippen LogP) is 16.5. The van der Waals surface area contributed by atoms with E-state index in [2.05, 4.69) is 125 Å². The van der Waals surface area contributed by atoms with Crippen LogP contribution in [-0.2, 0) is 31.2 Å². The Bertz CT molecular complexity index is 4110. The maximum Gasteiger partial charge on any atom is 0.410 e. The number of hydrogen-bond acceptors (Lipinski definition) is 15. The van der Waals surface area contributed by atoms with E-state index in [1.165, 1.54) is 11.1 Å². The van der Waals surface area contributed by atoms with Gasteiger partial charge in [0, 0.05) is 47.5 Å². The lowest BCUT2D eigenvalue weighted by Gasteiger charge is -2.33. The Hall–Kier alpha value is -9.78. The van der Waals surface area contributed by atoms with Crippen molar-refractivity contribution in [2.24, 2.45) is 0 Å². The summed E-state index contributed by atoms with van der Waals surface area (Å²) in [7, 11) is 3.38. The van der Waals surface area contributed by atoms with Crippen LogP contribution in [0, 0.1) is 0 Å². The average molecular weight is 1320 g/mol. The molecule has 1 N–H and O–H groups in total. The van der Waals surface area contributed by atoms with Crippen molar-refractivity contribution in [1.82, 2.24) is 50.6 Å². The number of halogens is 1. The minimum Gasteiger partial charge on any atom is -0.496 e. The molecule has 0 unspecified atom stereocenters. The zero-order valence-corrected chi connectivity index (χ0v) is 57.1. The fourth-order valence-corrected chi connectivity index (χ4v) is 11.8. The molecule has 2 saturated heterocycles. The number of aromatic nitrogens is 8. The summed E-state index contributed by atoms with van der Waals surface area (Å²) in [5, 5.41) is 29.8. The summed E-state index contributed by atoms with van der Waals surface area (Å²) >= 11 is 0. The van der Waals surface area contributed by atoms with Crippen molar-refractivity contribution in [3.63, 3.8) is 0 Å². The molecule has 12 rings (SSSR count). The lowest BCUT2D eigenvalue weighted by molar-refractivity contribution is 0.0184. The van der Waals surface area contributed by atoms with Crippen LogP contribution < -0.4 is 33.7 Å². The molecule has 0 aliphatic carbocycles. The third-order valence-electron chi connectivity index (χ3n) is 17.1. The summed E-state index contributed by atoms with van der Waals surface area (Å²) in [5.41, 5.74) is 11.1. The van der Waals surface area contributed by atoms with Gasteiger partial charge in [0.1, 0.15) is 66.5 Å². The van der Waals surface area contributed by atoms with Gasteiger partial charge >= 0.3 is 6.09 Å². The van der Waals surface area contributed by atoms with Crippen LogP contribution in [0.15, 0.2) is 182 Å². The van der Waals surface area contributed by atoms with Gasteiger partial charge in [-0.1, -0.05) is 161 Å². The van der Waals surface area contributed by atoms with Crippen molar-refractivity contribution in [2.45, 2.75) is 130 Å².